The first-order valence-electron chi connectivity index (χ1n) is 5.91. The second-order valence-electron chi connectivity index (χ2n) is 4.06. The van der Waals surface area contributed by atoms with Gasteiger partial charge in [-0.05, 0) is 12.1 Å². The second kappa shape index (κ2) is 6.48. The fourth-order valence-corrected chi connectivity index (χ4v) is 1.62. The summed E-state index contributed by atoms with van der Waals surface area (Å²) in [5.41, 5.74) is 6.00. The summed E-state index contributed by atoms with van der Waals surface area (Å²) in [6, 6.07) is 8.49. The molecule has 104 valence electrons. The molecule has 1 amide bonds. The number of hydrogen-bond acceptors (Lipinski definition) is 4. The Kier molecular flexibility index (Phi) is 4.46. The molecule has 7 nitrogen and oxygen atoms in total. The normalized spacial score (nSPS) is 11.5. The molecule has 0 saturated carbocycles. The molecule has 0 aliphatic rings. The Labute approximate surface area is 115 Å². The van der Waals surface area contributed by atoms with Gasteiger partial charge in [-0.25, -0.2) is 0 Å². The molecule has 20 heavy (non-hydrogen) atoms. The summed E-state index contributed by atoms with van der Waals surface area (Å²) < 4.78 is 8.89. The number of rotatable bonds is 5. The average molecular weight is 275 g/mol. The van der Waals surface area contributed by atoms with Crippen LogP contribution in [0.15, 0.2) is 54.1 Å². The predicted octanol–water partition coefficient (Wildman–Crippen LogP) is -0.204. The van der Waals surface area contributed by atoms with E-state index in [2.05, 4.69) is 5.16 Å². The van der Waals surface area contributed by atoms with Crippen LogP contribution < -0.4 is 15.8 Å². The van der Waals surface area contributed by atoms with Crippen molar-refractivity contribution in [2.45, 2.75) is 13.5 Å². The number of primary amides is 1. The highest BCUT2D eigenvalue weighted by molar-refractivity contribution is 5.92. The molecule has 0 fully saturated rings. The van der Waals surface area contributed by atoms with Crippen LogP contribution in [0.1, 0.15) is 10.4 Å². The Bertz CT molecular complexity index is 649. The SMILES string of the molecule is NC(=O)c1cc[n+](COCn2ccccc2=NO)cc1. The molecule has 0 radical (unpaired) electrons. The minimum atomic E-state index is -0.466. The lowest BCUT2D eigenvalue weighted by Gasteiger charge is -2.05. The first-order chi connectivity index (χ1) is 9.70. The molecule has 0 bridgehead atoms. The maximum atomic E-state index is 10.9. The number of nitrogens with two attached hydrogens (primary N) is 1. The summed E-state index contributed by atoms with van der Waals surface area (Å²) in [6.45, 7) is 0.538. The van der Waals surface area contributed by atoms with E-state index in [1.807, 2.05) is 6.07 Å². The topological polar surface area (TPSA) is 93.7 Å². The van der Waals surface area contributed by atoms with E-state index in [0.29, 0.717) is 17.8 Å². The van der Waals surface area contributed by atoms with Crippen molar-refractivity contribution in [3.8, 4) is 0 Å². The quantitative estimate of drug-likeness (QED) is 0.449. The molecule has 0 unspecified atom stereocenters. The molecule has 0 atom stereocenters. The highest BCUT2D eigenvalue weighted by Crippen LogP contribution is 1.93. The van der Waals surface area contributed by atoms with Crippen LogP contribution in [0.25, 0.3) is 0 Å². The van der Waals surface area contributed by atoms with Crippen LogP contribution in [0.2, 0.25) is 0 Å². The molecule has 0 saturated heterocycles. The summed E-state index contributed by atoms with van der Waals surface area (Å²) >= 11 is 0. The number of amides is 1. The summed E-state index contributed by atoms with van der Waals surface area (Å²) in [7, 11) is 0. The summed E-state index contributed by atoms with van der Waals surface area (Å²) in [6.07, 6.45) is 5.15. The standard InChI is InChI=1S/C13H14N4O3/c14-13(18)11-4-7-16(8-5-11)9-20-10-17-6-2-1-3-12(17)15-19/h1-8H,9-10H2,(H2-,14,18,19)/p+1. The minimum absolute atomic E-state index is 0.241. The third kappa shape index (κ3) is 3.42. The summed E-state index contributed by atoms with van der Waals surface area (Å²) in [5.74, 6) is -0.466. The lowest BCUT2D eigenvalue weighted by molar-refractivity contribution is -0.734. The van der Waals surface area contributed by atoms with Gasteiger partial charge in [-0.3, -0.25) is 4.79 Å². The van der Waals surface area contributed by atoms with E-state index in [-0.39, 0.29) is 6.73 Å². The van der Waals surface area contributed by atoms with Crippen molar-refractivity contribution >= 4 is 5.91 Å². The maximum Gasteiger partial charge on any atom is 0.254 e. The molecule has 0 aliphatic heterocycles. The summed E-state index contributed by atoms with van der Waals surface area (Å²) in [4.78, 5) is 10.9. The van der Waals surface area contributed by atoms with Gasteiger partial charge >= 0.3 is 0 Å². The maximum absolute atomic E-state index is 10.9. The number of hydrogen-bond donors (Lipinski definition) is 2. The number of carbonyl (C=O) groups excluding carboxylic acids is 1. The van der Waals surface area contributed by atoms with E-state index in [9.17, 15) is 4.79 Å². The molecular formula is C13H15N4O3+. The van der Waals surface area contributed by atoms with E-state index in [0.717, 1.165) is 0 Å². The first-order valence-corrected chi connectivity index (χ1v) is 5.91. The minimum Gasteiger partial charge on any atom is -0.409 e. The van der Waals surface area contributed by atoms with Crippen molar-refractivity contribution in [3.63, 3.8) is 0 Å². The van der Waals surface area contributed by atoms with Crippen LogP contribution in [-0.4, -0.2) is 15.7 Å². The van der Waals surface area contributed by atoms with Crippen LogP contribution >= 0.6 is 0 Å². The van der Waals surface area contributed by atoms with Crippen molar-refractivity contribution < 1.29 is 19.3 Å². The monoisotopic (exact) mass is 275 g/mol. The lowest BCUT2D eigenvalue weighted by Crippen LogP contribution is -2.35. The van der Waals surface area contributed by atoms with E-state index in [1.165, 1.54) is 0 Å². The highest BCUT2D eigenvalue weighted by atomic mass is 16.5. The number of pyridine rings is 2. The zero-order chi connectivity index (χ0) is 14.4. The van der Waals surface area contributed by atoms with Crippen molar-refractivity contribution in [2.75, 3.05) is 0 Å². The van der Waals surface area contributed by atoms with Gasteiger partial charge in [0, 0.05) is 18.3 Å². The van der Waals surface area contributed by atoms with E-state index >= 15 is 0 Å². The van der Waals surface area contributed by atoms with Crippen molar-refractivity contribution in [2.24, 2.45) is 10.9 Å². The highest BCUT2D eigenvalue weighted by Gasteiger charge is 2.04. The molecule has 0 aromatic carbocycles. The van der Waals surface area contributed by atoms with Crippen LogP contribution in [0.5, 0.6) is 0 Å². The Balaban J connectivity index is 1.94. The predicted molar refractivity (Wildman–Crippen MR) is 68.0 cm³/mol. The smallest absolute Gasteiger partial charge is 0.254 e. The van der Waals surface area contributed by atoms with Gasteiger partial charge < -0.3 is 20.2 Å². The van der Waals surface area contributed by atoms with Crippen molar-refractivity contribution in [1.82, 2.24) is 4.57 Å². The molecule has 2 rings (SSSR count). The molecule has 0 spiro atoms. The van der Waals surface area contributed by atoms with Gasteiger partial charge in [-0.2, -0.15) is 4.57 Å². The van der Waals surface area contributed by atoms with Crippen LogP contribution in [-0.2, 0) is 18.2 Å². The third-order valence-electron chi connectivity index (χ3n) is 2.67. The molecule has 0 aliphatic carbocycles. The fraction of sp³-hybridized carbons (Fsp3) is 0.154. The Morgan fingerprint density at radius 3 is 2.75 bits per heavy atom. The molecule has 7 heteroatoms. The van der Waals surface area contributed by atoms with Crippen LogP contribution in [0.3, 0.4) is 0 Å². The lowest BCUT2D eigenvalue weighted by atomic mass is 10.2. The zero-order valence-corrected chi connectivity index (χ0v) is 10.7. The summed E-state index contributed by atoms with van der Waals surface area (Å²) in [5, 5.41) is 12.0. The van der Waals surface area contributed by atoms with E-state index in [1.54, 1.807) is 52.0 Å². The number of aromatic nitrogens is 2. The van der Waals surface area contributed by atoms with Gasteiger partial charge in [0.1, 0.15) is 6.73 Å². The number of nitrogens with zero attached hydrogens (tertiary/aromatic N) is 3. The molecule has 2 aromatic heterocycles. The second-order valence-corrected chi connectivity index (χ2v) is 4.06. The van der Waals surface area contributed by atoms with Gasteiger partial charge in [0.05, 0.1) is 5.56 Å². The van der Waals surface area contributed by atoms with Gasteiger partial charge in [-0.1, -0.05) is 11.2 Å². The van der Waals surface area contributed by atoms with Crippen LogP contribution in [0, 0.1) is 0 Å². The first kappa shape index (κ1) is 13.8. The van der Waals surface area contributed by atoms with E-state index < -0.39 is 5.91 Å². The van der Waals surface area contributed by atoms with Gasteiger partial charge in [-0.15, -0.1) is 0 Å². The Morgan fingerprint density at radius 2 is 2.10 bits per heavy atom. The van der Waals surface area contributed by atoms with Crippen molar-refractivity contribution in [3.05, 3.63) is 60.0 Å². The van der Waals surface area contributed by atoms with Gasteiger partial charge in [0.25, 0.3) is 6.73 Å². The van der Waals surface area contributed by atoms with Crippen LogP contribution in [0.4, 0.5) is 0 Å². The average Bonchev–Trinajstić information content (AvgIpc) is 2.48. The molecule has 2 heterocycles. The molecule has 2 aromatic rings. The molecule has 3 N–H and O–H groups in total. The van der Waals surface area contributed by atoms with Gasteiger partial charge in [0.2, 0.25) is 5.91 Å². The number of ether oxygens (including phenoxy) is 1. The zero-order valence-electron chi connectivity index (χ0n) is 10.7. The molecular weight excluding hydrogens is 260 g/mol. The largest absolute Gasteiger partial charge is 0.409 e. The van der Waals surface area contributed by atoms with Crippen molar-refractivity contribution in [1.29, 1.82) is 0 Å². The Morgan fingerprint density at radius 1 is 1.35 bits per heavy atom. The number of carbonyl (C=O) groups is 1. The fourth-order valence-electron chi connectivity index (χ4n) is 1.62. The third-order valence-corrected chi connectivity index (χ3v) is 2.67. The van der Waals surface area contributed by atoms with Gasteiger partial charge in [0.15, 0.2) is 17.9 Å². The van der Waals surface area contributed by atoms with E-state index in [4.69, 9.17) is 15.7 Å². The Hall–Kier alpha value is -2.67.